The fourth-order valence-corrected chi connectivity index (χ4v) is 1.49. The summed E-state index contributed by atoms with van der Waals surface area (Å²) in [5.74, 6) is 0. The first kappa shape index (κ1) is 8.75. The van der Waals surface area contributed by atoms with Gasteiger partial charge in [-0.1, -0.05) is 24.8 Å². The molecule has 1 N–H and O–H groups in total. The molecule has 1 aliphatic rings. The van der Waals surface area contributed by atoms with E-state index >= 15 is 0 Å². The Labute approximate surface area is 83.7 Å². The van der Waals surface area contributed by atoms with Gasteiger partial charge in [0.05, 0.1) is 11.7 Å². The second-order valence-electron chi connectivity index (χ2n) is 3.08. The first-order valence-electron chi connectivity index (χ1n) is 4.58. The summed E-state index contributed by atoms with van der Waals surface area (Å²) in [6.45, 7) is 3.79. The highest BCUT2D eigenvalue weighted by atomic mass is 14.9. The molecule has 0 aromatic carbocycles. The molecule has 0 spiro atoms. The molecule has 1 aromatic rings. The molecule has 2 rings (SSSR count). The average Bonchev–Trinajstić information content (AvgIpc) is 2.30. The number of nitrogens with one attached hydrogen (secondary N) is 1. The Morgan fingerprint density at radius 3 is 3.07 bits per heavy atom. The second kappa shape index (κ2) is 3.92. The van der Waals surface area contributed by atoms with E-state index in [4.69, 9.17) is 0 Å². The zero-order valence-corrected chi connectivity index (χ0v) is 7.85. The topological polar surface area (TPSA) is 24.9 Å². The summed E-state index contributed by atoms with van der Waals surface area (Å²) in [5, 5.41) is 3.25. The zero-order valence-electron chi connectivity index (χ0n) is 7.85. The van der Waals surface area contributed by atoms with E-state index in [0.29, 0.717) is 0 Å². The van der Waals surface area contributed by atoms with E-state index in [9.17, 15) is 0 Å². The second-order valence-corrected chi connectivity index (χ2v) is 3.08. The quantitative estimate of drug-likeness (QED) is 0.763. The molecule has 2 heteroatoms. The number of pyridine rings is 1. The number of hydrogen-bond acceptors (Lipinski definition) is 2. The molecule has 0 fully saturated rings. The first-order valence-corrected chi connectivity index (χ1v) is 4.58. The van der Waals surface area contributed by atoms with Gasteiger partial charge in [-0.25, -0.2) is 0 Å². The predicted octanol–water partition coefficient (Wildman–Crippen LogP) is 2.35. The van der Waals surface area contributed by atoms with Crippen molar-refractivity contribution < 1.29 is 0 Å². The largest absolute Gasteiger partial charge is 0.379 e. The lowest BCUT2D eigenvalue weighted by atomic mass is 10.0. The molecule has 1 aromatic heterocycles. The van der Waals surface area contributed by atoms with Crippen LogP contribution in [-0.2, 0) is 0 Å². The zero-order chi connectivity index (χ0) is 9.80. The Balaban J connectivity index is 2.32. The maximum absolute atomic E-state index is 4.32. The van der Waals surface area contributed by atoms with Crippen molar-refractivity contribution in [3.63, 3.8) is 0 Å². The summed E-state index contributed by atoms with van der Waals surface area (Å²) in [5.41, 5.74) is 2.16. The van der Waals surface area contributed by atoms with Gasteiger partial charge in [0.2, 0.25) is 0 Å². The van der Waals surface area contributed by atoms with Gasteiger partial charge in [-0.05, 0) is 30.0 Å². The fourth-order valence-electron chi connectivity index (χ4n) is 1.49. The van der Waals surface area contributed by atoms with Gasteiger partial charge >= 0.3 is 0 Å². The molecular formula is C12H12N2. The van der Waals surface area contributed by atoms with Gasteiger partial charge in [-0.15, -0.1) is 0 Å². The molecule has 1 aliphatic heterocycles. The monoisotopic (exact) mass is 184 g/mol. The predicted molar refractivity (Wildman–Crippen MR) is 57.5 cm³/mol. The van der Waals surface area contributed by atoms with E-state index in [2.05, 4.69) is 16.9 Å². The molecule has 1 unspecified atom stereocenters. The van der Waals surface area contributed by atoms with E-state index in [1.807, 2.05) is 42.6 Å². The van der Waals surface area contributed by atoms with Crippen LogP contribution >= 0.6 is 0 Å². The Morgan fingerprint density at radius 1 is 1.43 bits per heavy atom. The van der Waals surface area contributed by atoms with Crippen LogP contribution in [0.4, 0.5) is 0 Å². The molecule has 1 atom stereocenters. The van der Waals surface area contributed by atoms with Crippen molar-refractivity contribution in [2.75, 3.05) is 0 Å². The summed E-state index contributed by atoms with van der Waals surface area (Å²) in [6, 6.07) is 6.05. The Hall–Kier alpha value is -1.83. The lowest BCUT2D eigenvalue weighted by Crippen LogP contribution is -2.20. The number of aromatic nitrogens is 1. The molecule has 14 heavy (non-hydrogen) atoms. The van der Waals surface area contributed by atoms with Gasteiger partial charge in [0.1, 0.15) is 0 Å². The van der Waals surface area contributed by atoms with Gasteiger partial charge in [-0.3, -0.25) is 4.98 Å². The van der Waals surface area contributed by atoms with Crippen LogP contribution in [0, 0.1) is 0 Å². The maximum Gasteiger partial charge on any atom is 0.0935 e. The third kappa shape index (κ3) is 1.59. The number of dihydropyridines is 1. The highest BCUT2D eigenvalue weighted by Gasteiger charge is 2.14. The standard InChI is InChI=1S/C12H12N2/c1-2-10-6-5-9-14-12(10)11-7-3-4-8-13-11/h2-9,12,14H,1H2. The Morgan fingerprint density at radius 2 is 2.36 bits per heavy atom. The lowest BCUT2D eigenvalue weighted by Gasteiger charge is -2.20. The average molecular weight is 184 g/mol. The fraction of sp³-hybridized carbons (Fsp3) is 0.0833. The van der Waals surface area contributed by atoms with Crippen molar-refractivity contribution in [3.8, 4) is 0 Å². The van der Waals surface area contributed by atoms with Gasteiger partial charge in [-0.2, -0.15) is 0 Å². The van der Waals surface area contributed by atoms with Crippen LogP contribution in [0.5, 0.6) is 0 Å². The van der Waals surface area contributed by atoms with Crippen LogP contribution < -0.4 is 5.32 Å². The van der Waals surface area contributed by atoms with Gasteiger partial charge in [0.15, 0.2) is 0 Å². The molecule has 0 aliphatic carbocycles. The van der Waals surface area contributed by atoms with Crippen molar-refractivity contribution in [1.82, 2.24) is 10.3 Å². The molecule has 0 bridgehead atoms. The summed E-state index contributed by atoms with van der Waals surface area (Å²) in [7, 11) is 0. The van der Waals surface area contributed by atoms with Crippen molar-refractivity contribution in [2.45, 2.75) is 6.04 Å². The van der Waals surface area contributed by atoms with Crippen molar-refractivity contribution >= 4 is 0 Å². The van der Waals surface area contributed by atoms with E-state index in [1.165, 1.54) is 0 Å². The number of rotatable bonds is 2. The molecule has 0 radical (unpaired) electrons. The van der Waals surface area contributed by atoms with Gasteiger partial charge < -0.3 is 5.32 Å². The minimum Gasteiger partial charge on any atom is -0.379 e. The number of allylic oxidation sites excluding steroid dienone is 2. The highest BCUT2D eigenvalue weighted by Crippen LogP contribution is 2.22. The van der Waals surface area contributed by atoms with E-state index in [0.717, 1.165) is 11.3 Å². The first-order chi connectivity index (χ1) is 6.92. The van der Waals surface area contributed by atoms with Crippen LogP contribution in [-0.4, -0.2) is 4.98 Å². The minimum atomic E-state index is 0.138. The van der Waals surface area contributed by atoms with Crippen molar-refractivity contribution in [1.29, 1.82) is 0 Å². The Bertz CT molecular complexity index is 377. The summed E-state index contributed by atoms with van der Waals surface area (Å²) in [4.78, 5) is 4.32. The lowest BCUT2D eigenvalue weighted by molar-refractivity contribution is 0.695. The smallest absolute Gasteiger partial charge is 0.0935 e. The molecule has 0 saturated heterocycles. The van der Waals surface area contributed by atoms with Crippen molar-refractivity contribution in [3.05, 3.63) is 66.7 Å². The molecule has 70 valence electrons. The van der Waals surface area contributed by atoms with E-state index in [-0.39, 0.29) is 6.04 Å². The van der Waals surface area contributed by atoms with Gasteiger partial charge in [0, 0.05) is 6.20 Å². The highest BCUT2D eigenvalue weighted by molar-refractivity contribution is 5.35. The summed E-state index contributed by atoms with van der Waals surface area (Å²) < 4.78 is 0. The van der Waals surface area contributed by atoms with Gasteiger partial charge in [0.25, 0.3) is 0 Å². The maximum atomic E-state index is 4.32. The molecular weight excluding hydrogens is 172 g/mol. The molecule has 0 saturated carbocycles. The third-order valence-corrected chi connectivity index (χ3v) is 2.20. The molecule has 2 heterocycles. The minimum absolute atomic E-state index is 0.138. The van der Waals surface area contributed by atoms with Crippen LogP contribution in [0.15, 0.2) is 61.0 Å². The summed E-state index contributed by atoms with van der Waals surface area (Å²) in [6.07, 6.45) is 9.59. The normalized spacial score (nSPS) is 19.7. The van der Waals surface area contributed by atoms with Crippen LogP contribution in [0.25, 0.3) is 0 Å². The third-order valence-electron chi connectivity index (χ3n) is 2.20. The molecule has 2 nitrogen and oxygen atoms in total. The van der Waals surface area contributed by atoms with Crippen LogP contribution in [0.1, 0.15) is 11.7 Å². The number of hydrogen-bond donors (Lipinski definition) is 1. The SMILES string of the molecule is C=CC1=CC=CNC1c1ccccn1. The summed E-state index contributed by atoms with van der Waals surface area (Å²) >= 11 is 0. The Kier molecular flexibility index (Phi) is 2.45. The number of nitrogens with zero attached hydrogens (tertiary/aromatic N) is 1. The van der Waals surface area contributed by atoms with E-state index < -0.39 is 0 Å². The van der Waals surface area contributed by atoms with Crippen molar-refractivity contribution in [2.24, 2.45) is 0 Å². The van der Waals surface area contributed by atoms with Crippen LogP contribution in [0.2, 0.25) is 0 Å². The molecule has 0 amide bonds. The van der Waals surface area contributed by atoms with Crippen LogP contribution in [0.3, 0.4) is 0 Å². The van der Waals surface area contributed by atoms with E-state index in [1.54, 1.807) is 6.20 Å².